The third-order valence-corrected chi connectivity index (χ3v) is 7.22. The highest BCUT2D eigenvalue weighted by Crippen LogP contribution is 2.36. The fourth-order valence-corrected chi connectivity index (χ4v) is 5.45. The maximum atomic E-state index is 13.1. The van der Waals surface area contributed by atoms with Gasteiger partial charge in [-0.15, -0.1) is 0 Å². The standard InChI is InChI=1S/C26H25F3N8O3/c1-13-7-16(10-30-22(13)36-11-17-4-5-18(12-36)37(17)23(38)26(27,28)29)33-24-31-9-14(2)21(35-24)32-15-3-6-20-19(8-15)34-25(39)40-20/h3,6-10,17-18H,4-5,11-12H2,1-2H3,(H,34,39)(H2,31,32,33,35). The van der Waals surface area contributed by atoms with Crippen LogP contribution in [0.2, 0.25) is 0 Å². The van der Waals surface area contributed by atoms with E-state index in [2.05, 4.69) is 30.6 Å². The van der Waals surface area contributed by atoms with Crippen molar-refractivity contribution in [2.75, 3.05) is 28.6 Å². The van der Waals surface area contributed by atoms with Crippen LogP contribution in [0, 0.1) is 13.8 Å². The maximum absolute atomic E-state index is 13.1. The molecule has 4 aromatic rings. The second kappa shape index (κ2) is 9.54. The molecule has 2 aliphatic rings. The van der Waals surface area contributed by atoms with Crippen LogP contribution < -0.4 is 21.3 Å². The first-order valence-corrected chi connectivity index (χ1v) is 12.7. The number of aromatic amines is 1. The first-order valence-electron chi connectivity index (χ1n) is 12.7. The number of aryl methyl sites for hydroxylation is 2. The van der Waals surface area contributed by atoms with Crippen molar-refractivity contribution in [3.05, 3.63) is 58.3 Å². The molecular formula is C26H25F3N8O3. The number of anilines is 5. The van der Waals surface area contributed by atoms with Crippen LogP contribution in [0.1, 0.15) is 24.0 Å². The van der Waals surface area contributed by atoms with Crippen LogP contribution in [0.25, 0.3) is 11.1 Å². The van der Waals surface area contributed by atoms with Gasteiger partial charge in [-0.05, 0) is 56.5 Å². The van der Waals surface area contributed by atoms with Crippen LogP contribution in [0.15, 0.2) is 45.9 Å². The molecule has 2 aliphatic heterocycles. The Labute approximate surface area is 225 Å². The Morgan fingerprint density at radius 3 is 2.48 bits per heavy atom. The van der Waals surface area contributed by atoms with Gasteiger partial charge < -0.3 is 24.9 Å². The van der Waals surface area contributed by atoms with E-state index in [4.69, 9.17) is 4.42 Å². The molecule has 5 heterocycles. The number of halogens is 3. The molecule has 3 aromatic heterocycles. The summed E-state index contributed by atoms with van der Waals surface area (Å²) >= 11 is 0. The number of alkyl halides is 3. The van der Waals surface area contributed by atoms with Crippen molar-refractivity contribution in [2.45, 2.75) is 44.9 Å². The topological polar surface area (TPSA) is 132 Å². The molecule has 2 atom stereocenters. The molecule has 2 fully saturated rings. The zero-order chi connectivity index (χ0) is 28.2. The van der Waals surface area contributed by atoms with E-state index in [0.717, 1.165) is 16.0 Å². The van der Waals surface area contributed by atoms with E-state index in [-0.39, 0.29) is 0 Å². The quantitative estimate of drug-likeness (QED) is 0.333. The molecular weight excluding hydrogens is 529 g/mol. The number of oxazole rings is 1. The number of carbonyl (C=O) groups excluding carboxylic acids is 1. The summed E-state index contributed by atoms with van der Waals surface area (Å²) < 4.78 is 44.3. The summed E-state index contributed by atoms with van der Waals surface area (Å²) in [5.41, 5.74) is 3.98. The lowest BCUT2D eigenvalue weighted by molar-refractivity contribution is -0.188. The van der Waals surface area contributed by atoms with Gasteiger partial charge in [0.1, 0.15) is 11.6 Å². The number of piperazine rings is 1. The Kier molecular flexibility index (Phi) is 6.11. The summed E-state index contributed by atoms with van der Waals surface area (Å²) in [5, 5.41) is 6.37. The summed E-state index contributed by atoms with van der Waals surface area (Å²) in [6, 6.07) is 6.08. The molecule has 1 aromatic carbocycles. The summed E-state index contributed by atoms with van der Waals surface area (Å²) in [7, 11) is 0. The van der Waals surface area contributed by atoms with Crippen molar-refractivity contribution in [1.82, 2.24) is 24.8 Å². The molecule has 208 valence electrons. The number of fused-ring (bicyclic) bond motifs is 3. The molecule has 0 saturated carbocycles. The zero-order valence-corrected chi connectivity index (χ0v) is 21.5. The molecule has 2 unspecified atom stereocenters. The molecule has 1 amide bonds. The van der Waals surface area contributed by atoms with Gasteiger partial charge in [0.2, 0.25) is 5.95 Å². The van der Waals surface area contributed by atoms with Crippen LogP contribution in [0.3, 0.4) is 0 Å². The predicted octanol–water partition coefficient (Wildman–Crippen LogP) is 4.15. The Hall–Kier alpha value is -4.62. The molecule has 0 spiro atoms. The van der Waals surface area contributed by atoms with Crippen molar-refractivity contribution in [3.8, 4) is 0 Å². The van der Waals surface area contributed by atoms with Crippen LogP contribution in [0.4, 0.5) is 42.1 Å². The Morgan fingerprint density at radius 1 is 1.02 bits per heavy atom. The fraction of sp³-hybridized carbons (Fsp3) is 0.346. The highest BCUT2D eigenvalue weighted by molar-refractivity contribution is 5.83. The average Bonchev–Trinajstić information content (AvgIpc) is 3.39. The number of nitrogens with zero attached hydrogens (tertiary/aromatic N) is 5. The van der Waals surface area contributed by atoms with Crippen molar-refractivity contribution >= 4 is 46.0 Å². The first kappa shape index (κ1) is 25.6. The highest BCUT2D eigenvalue weighted by Gasteiger charge is 2.51. The largest absolute Gasteiger partial charge is 0.471 e. The molecule has 2 saturated heterocycles. The minimum Gasteiger partial charge on any atom is -0.408 e. The number of carbonyl (C=O) groups is 1. The van der Waals surface area contributed by atoms with E-state index in [9.17, 15) is 22.8 Å². The SMILES string of the molecule is Cc1cnc(Nc2cnc(N3CC4CCC(C3)N4C(=O)C(F)(F)F)c(C)c2)nc1Nc1ccc2oc(=O)[nH]c2c1. The van der Waals surface area contributed by atoms with Gasteiger partial charge in [-0.25, -0.2) is 14.8 Å². The number of hydrogen-bond acceptors (Lipinski definition) is 9. The Bertz CT molecular complexity index is 1650. The van der Waals surface area contributed by atoms with E-state index < -0.39 is 29.9 Å². The van der Waals surface area contributed by atoms with Gasteiger partial charge in [-0.3, -0.25) is 9.78 Å². The van der Waals surface area contributed by atoms with Gasteiger partial charge in [0.15, 0.2) is 5.58 Å². The lowest BCUT2D eigenvalue weighted by Gasteiger charge is -2.42. The number of pyridine rings is 1. The molecule has 6 rings (SSSR count). The van der Waals surface area contributed by atoms with Crippen molar-refractivity contribution in [3.63, 3.8) is 0 Å². The van der Waals surface area contributed by atoms with Gasteiger partial charge in [0, 0.05) is 30.5 Å². The van der Waals surface area contributed by atoms with Crippen LogP contribution in [0.5, 0.6) is 0 Å². The number of H-pyrrole nitrogens is 1. The average molecular weight is 555 g/mol. The monoisotopic (exact) mass is 554 g/mol. The lowest BCUT2D eigenvalue weighted by Crippen LogP contribution is -2.59. The van der Waals surface area contributed by atoms with Crippen LogP contribution >= 0.6 is 0 Å². The number of rotatable bonds is 5. The minimum absolute atomic E-state index is 0.299. The molecule has 11 nitrogen and oxygen atoms in total. The summed E-state index contributed by atoms with van der Waals surface area (Å²) in [4.78, 5) is 42.5. The fourth-order valence-electron chi connectivity index (χ4n) is 5.45. The zero-order valence-electron chi connectivity index (χ0n) is 21.5. The summed E-state index contributed by atoms with van der Waals surface area (Å²) in [5.74, 6) is -0.727. The third-order valence-electron chi connectivity index (χ3n) is 7.22. The van der Waals surface area contributed by atoms with Crippen molar-refractivity contribution in [2.24, 2.45) is 0 Å². The predicted molar refractivity (Wildman–Crippen MR) is 141 cm³/mol. The number of nitrogens with one attached hydrogen (secondary N) is 3. The molecule has 0 aliphatic carbocycles. The van der Waals surface area contributed by atoms with E-state index in [1.807, 2.05) is 24.8 Å². The summed E-state index contributed by atoms with van der Waals surface area (Å²) in [6.45, 7) is 4.34. The van der Waals surface area contributed by atoms with Gasteiger partial charge in [0.25, 0.3) is 0 Å². The molecule has 40 heavy (non-hydrogen) atoms. The Morgan fingerprint density at radius 2 is 1.77 bits per heavy atom. The van der Waals surface area contributed by atoms with Gasteiger partial charge >= 0.3 is 17.8 Å². The van der Waals surface area contributed by atoms with Crippen LogP contribution in [-0.2, 0) is 4.79 Å². The number of hydrogen-bond donors (Lipinski definition) is 3. The van der Waals surface area contributed by atoms with E-state index in [1.165, 1.54) is 0 Å². The molecule has 2 bridgehead atoms. The first-order chi connectivity index (χ1) is 19.0. The molecule has 14 heteroatoms. The highest BCUT2D eigenvalue weighted by atomic mass is 19.4. The number of aromatic nitrogens is 4. The van der Waals surface area contributed by atoms with Crippen molar-refractivity contribution < 1.29 is 22.4 Å². The van der Waals surface area contributed by atoms with E-state index in [0.29, 0.717) is 66.0 Å². The van der Waals surface area contributed by atoms with Crippen LogP contribution in [-0.4, -0.2) is 62.1 Å². The normalized spacial score (nSPS) is 18.8. The number of amides is 1. The maximum Gasteiger partial charge on any atom is 0.471 e. The minimum atomic E-state index is -4.87. The molecule has 0 radical (unpaired) electrons. The second-order valence-electron chi connectivity index (χ2n) is 10.1. The summed E-state index contributed by atoms with van der Waals surface area (Å²) in [6.07, 6.45) is -0.502. The smallest absolute Gasteiger partial charge is 0.408 e. The van der Waals surface area contributed by atoms with E-state index in [1.54, 1.807) is 30.6 Å². The van der Waals surface area contributed by atoms with Crippen molar-refractivity contribution in [1.29, 1.82) is 0 Å². The Balaban J connectivity index is 1.16. The number of benzene rings is 1. The van der Waals surface area contributed by atoms with Gasteiger partial charge in [-0.2, -0.15) is 18.2 Å². The second-order valence-corrected chi connectivity index (χ2v) is 10.1. The lowest BCUT2D eigenvalue weighted by atomic mass is 10.1. The molecule has 3 N–H and O–H groups in total. The van der Waals surface area contributed by atoms with Gasteiger partial charge in [0.05, 0.1) is 29.5 Å². The van der Waals surface area contributed by atoms with E-state index >= 15 is 0 Å². The van der Waals surface area contributed by atoms with Gasteiger partial charge in [-0.1, -0.05) is 0 Å². The third kappa shape index (κ3) is 4.80.